The van der Waals surface area contributed by atoms with E-state index in [-0.39, 0.29) is 17.9 Å². The summed E-state index contributed by atoms with van der Waals surface area (Å²) >= 11 is 0. The Morgan fingerprint density at radius 3 is 2.35 bits per heavy atom. The predicted octanol–water partition coefficient (Wildman–Crippen LogP) is 2.93. The Kier molecular flexibility index (Phi) is 8.27. The fraction of sp³-hybridized carbons (Fsp3) is 0.375. The molecule has 1 fully saturated rings. The first-order valence-corrected chi connectivity index (χ1v) is 11.7. The molecule has 2 aliphatic heterocycles. The zero-order chi connectivity index (χ0) is 29.1. The molecule has 2 aromatic rings. The van der Waals surface area contributed by atoms with Crippen LogP contribution in [-0.4, -0.2) is 69.8 Å². The Hall–Kier alpha value is -4.21. The Morgan fingerprint density at radius 2 is 1.80 bits per heavy atom. The van der Waals surface area contributed by atoms with Crippen LogP contribution in [0, 0.1) is 0 Å². The zero-order valence-electron chi connectivity index (χ0n) is 20.4. The number of aromatic hydroxyl groups is 1. The van der Waals surface area contributed by atoms with Gasteiger partial charge in [-0.15, -0.1) is 10.2 Å². The number of nitrogens with one attached hydrogen (secondary N) is 1. The number of carboxylic acid groups (broad SMARTS) is 1. The number of rotatable bonds is 10. The molecule has 0 amide bonds. The molecular formula is C24H23F3N6O7. The SMILES string of the molecule is [N-]=[N+]=NC[C@H]1O[C@@H](O/C(=C\c2ccc(O)cc2)C(=O)O)[C@H](NCc2ccc(C3(C(F)(F)F)N=N3)cc2)[C@@H](O)[C@H]1O. The fourth-order valence-electron chi connectivity index (χ4n) is 4.04. The molecule has 0 radical (unpaired) electrons. The van der Waals surface area contributed by atoms with Crippen LogP contribution in [-0.2, 0) is 26.5 Å². The monoisotopic (exact) mass is 564 g/mol. The molecule has 2 aromatic carbocycles. The van der Waals surface area contributed by atoms with Gasteiger partial charge >= 0.3 is 17.8 Å². The number of phenols is 1. The second-order valence-electron chi connectivity index (χ2n) is 8.93. The predicted molar refractivity (Wildman–Crippen MR) is 129 cm³/mol. The third kappa shape index (κ3) is 6.16. The van der Waals surface area contributed by atoms with E-state index in [1.807, 2.05) is 0 Å². The van der Waals surface area contributed by atoms with Crippen molar-refractivity contribution in [3.63, 3.8) is 0 Å². The third-order valence-electron chi connectivity index (χ3n) is 6.26. The summed E-state index contributed by atoms with van der Waals surface area (Å²) in [6.07, 6.45) is -9.47. The van der Waals surface area contributed by atoms with E-state index in [9.17, 15) is 38.4 Å². The molecule has 1 saturated heterocycles. The number of ether oxygens (including phenoxy) is 2. The van der Waals surface area contributed by atoms with E-state index >= 15 is 0 Å². The number of hydrogen-bond acceptors (Lipinski definition) is 10. The van der Waals surface area contributed by atoms with Crippen LogP contribution in [0.1, 0.15) is 16.7 Å². The van der Waals surface area contributed by atoms with Gasteiger partial charge < -0.3 is 35.2 Å². The van der Waals surface area contributed by atoms with E-state index in [4.69, 9.17) is 15.0 Å². The number of carboxylic acids is 1. The quantitative estimate of drug-likeness (QED) is 0.0952. The lowest BCUT2D eigenvalue weighted by atomic mass is 9.96. The highest BCUT2D eigenvalue weighted by Crippen LogP contribution is 2.52. The number of aliphatic carboxylic acids is 1. The van der Waals surface area contributed by atoms with Gasteiger partial charge in [0.25, 0.3) is 0 Å². The molecule has 2 heterocycles. The van der Waals surface area contributed by atoms with Crippen molar-refractivity contribution in [3.8, 4) is 5.75 Å². The maximum Gasteiger partial charge on any atom is 0.442 e. The molecule has 0 saturated carbocycles. The van der Waals surface area contributed by atoms with E-state index < -0.39 is 60.8 Å². The molecule has 5 atom stereocenters. The van der Waals surface area contributed by atoms with Gasteiger partial charge in [-0.1, -0.05) is 41.5 Å². The van der Waals surface area contributed by atoms with Crippen molar-refractivity contribution in [1.29, 1.82) is 0 Å². The first kappa shape index (κ1) is 28.8. The highest BCUT2D eigenvalue weighted by molar-refractivity contribution is 5.89. The minimum atomic E-state index is -4.68. The number of aliphatic hydroxyl groups excluding tert-OH is 2. The summed E-state index contributed by atoms with van der Waals surface area (Å²) in [5.74, 6) is -2.14. The first-order valence-electron chi connectivity index (χ1n) is 11.7. The molecule has 0 spiro atoms. The van der Waals surface area contributed by atoms with Gasteiger partial charge in [0.05, 0.1) is 18.7 Å². The number of azide groups is 1. The van der Waals surface area contributed by atoms with Gasteiger partial charge in [-0.25, -0.2) is 4.79 Å². The number of nitrogens with zero attached hydrogens (tertiary/aromatic N) is 5. The third-order valence-corrected chi connectivity index (χ3v) is 6.26. The molecule has 40 heavy (non-hydrogen) atoms. The van der Waals surface area contributed by atoms with Gasteiger partial charge in [0.15, 0.2) is 0 Å². The fourth-order valence-corrected chi connectivity index (χ4v) is 4.04. The Bertz CT molecular complexity index is 1320. The van der Waals surface area contributed by atoms with Crippen molar-refractivity contribution < 1.29 is 47.9 Å². The van der Waals surface area contributed by atoms with Crippen molar-refractivity contribution in [3.05, 3.63) is 81.4 Å². The van der Waals surface area contributed by atoms with Crippen LogP contribution in [0.3, 0.4) is 0 Å². The van der Waals surface area contributed by atoms with Gasteiger partial charge in [0.2, 0.25) is 12.0 Å². The summed E-state index contributed by atoms with van der Waals surface area (Å²) in [6, 6.07) is 9.47. The van der Waals surface area contributed by atoms with Gasteiger partial charge in [0.1, 0.15) is 18.0 Å². The number of alkyl halides is 3. The molecule has 0 aromatic heterocycles. The highest BCUT2D eigenvalue weighted by Gasteiger charge is 2.65. The normalized spacial score (nSPS) is 25.6. The lowest BCUT2D eigenvalue weighted by molar-refractivity contribution is -0.251. The molecule has 212 valence electrons. The largest absolute Gasteiger partial charge is 0.508 e. The van der Waals surface area contributed by atoms with Crippen LogP contribution < -0.4 is 5.32 Å². The summed E-state index contributed by atoms with van der Waals surface area (Å²) in [5, 5.41) is 53.0. The van der Waals surface area contributed by atoms with Crippen LogP contribution in [0.4, 0.5) is 13.2 Å². The molecule has 0 unspecified atom stereocenters. The second kappa shape index (κ2) is 11.5. The molecule has 16 heteroatoms. The maximum absolute atomic E-state index is 13.3. The van der Waals surface area contributed by atoms with E-state index in [1.54, 1.807) is 0 Å². The Morgan fingerprint density at radius 1 is 1.15 bits per heavy atom. The van der Waals surface area contributed by atoms with Crippen LogP contribution in [0.2, 0.25) is 0 Å². The summed E-state index contributed by atoms with van der Waals surface area (Å²) in [7, 11) is 0. The smallest absolute Gasteiger partial charge is 0.442 e. The van der Waals surface area contributed by atoms with E-state index in [1.165, 1.54) is 48.5 Å². The van der Waals surface area contributed by atoms with Gasteiger partial charge in [-0.2, -0.15) is 13.2 Å². The van der Waals surface area contributed by atoms with Crippen molar-refractivity contribution >= 4 is 12.0 Å². The lowest BCUT2D eigenvalue weighted by Crippen LogP contribution is -2.63. The number of aliphatic hydroxyl groups is 2. The highest BCUT2D eigenvalue weighted by atomic mass is 19.4. The number of halogens is 3. The topological polar surface area (TPSA) is 202 Å². The van der Waals surface area contributed by atoms with Crippen molar-refractivity contribution in [2.75, 3.05) is 6.54 Å². The van der Waals surface area contributed by atoms with Crippen LogP contribution in [0.25, 0.3) is 16.5 Å². The van der Waals surface area contributed by atoms with E-state index in [0.29, 0.717) is 11.1 Å². The minimum absolute atomic E-state index is 0.0460. The zero-order valence-corrected chi connectivity index (χ0v) is 20.4. The summed E-state index contributed by atoms with van der Waals surface area (Å²) in [5.41, 5.74) is 6.71. The number of phenolic OH excluding ortho intramolecular Hbond substituents is 1. The second-order valence-corrected chi connectivity index (χ2v) is 8.93. The lowest BCUT2D eigenvalue weighted by Gasteiger charge is -2.42. The van der Waals surface area contributed by atoms with Gasteiger partial charge in [-0.3, -0.25) is 0 Å². The van der Waals surface area contributed by atoms with E-state index in [2.05, 4.69) is 25.6 Å². The first-order chi connectivity index (χ1) is 18.9. The van der Waals surface area contributed by atoms with Gasteiger partial charge in [0, 0.05) is 17.0 Å². The molecule has 0 bridgehead atoms. The summed E-state index contributed by atoms with van der Waals surface area (Å²) in [6.45, 7) is -0.458. The molecule has 0 aliphatic carbocycles. The molecular weight excluding hydrogens is 541 g/mol. The number of hydrogen-bond donors (Lipinski definition) is 5. The maximum atomic E-state index is 13.3. The van der Waals surface area contributed by atoms with Crippen molar-refractivity contribution in [2.45, 2.75) is 49.0 Å². The average Bonchev–Trinajstić information content (AvgIpc) is 3.73. The van der Waals surface area contributed by atoms with Crippen molar-refractivity contribution in [2.24, 2.45) is 15.3 Å². The Labute approximate surface area is 223 Å². The van der Waals surface area contributed by atoms with Crippen LogP contribution >= 0.6 is 0 Å². The standard InChI is InChI=1S/C24H23F3N6O7/c25-24(26,27)23(31-32-23)14-5-1-13(2-6-14)10-29-18-20(36)19(35)17(11-30-33-28)40-22(18)39-16(21(37)38)9-12-3-7-15(34)8-4-12/h1-9,17-20,22,29,34-36H,10-11H2,(H,37,38)/b16-9-/t17-,18-,19+,20-,22-/m1/s1. The number of benzene rings is 2. The Balaban J connectivity index is 1.54. The van der Waals surface area contributed by atoms with Crippen molar-refractivity contribution in [1.82, 2.24) is 5.32 Å². The summed E-state index contributed by atoms with van der Waals surface area (Å²) in [4.78, 5) is 14.5. The van der Waals surface area contributed by atoms with E-state index in [0.717, 1.165) is 6.08 Å². The van der Waals surface area contributed by atoms with Gasteiger partial charge in [-0.05, 0) is 34.9 Å². The average molecular weight is 564 g/mol. The van der Waals surface area contributed by atoms with Crippen LogP contribution in [0.5, 0.6) is 5.75 Å². The molecule has 13 nitrogen and oxygen atoms in total. The molecule has 2 aliphatic rings. The number of carbonyl (C=O) groups is 1. The van der Waals surface area contributed by atoms with Crippen LogP contribution in [0.15, 0.2) is 69.6 Å². The minimum Gasteiger partial charge on any atom is -0.508 e. The summed E-state index contributed by atoms with van der Waals surface area (Å²) < 4.78 is 51.0. The molecule has 5 N–H and O–H groups in total. The molecule has 4 rings (SSSR count).